The summed E-state index contributed by atoms with van der Waals surface area (Å²) >= 11 is 0. The molecule has 0 bridgehead atoms. The summed E-state index contributed by atoms with van der Waals surface area (Å²) in [7, 11) is 0. The minimum Gasteiger partial charge on any atom is -0.462 e. The van der Waals surface area contributed by atoms with E-state index in [-0.39, 0.29) is 41.0 Å². The van der Waals surface area contributed by atoms with Crippen molar-refractivity contribution in [2.75, 3.05) is 13.1 Å². The molecule has 7 atom stereocenters. The summed E-state index contributed by atoms with van der Waals surface area (Å²) in [6.45, 7) is 6.31. The zero-order chi connectivity index (χ0) is 18.6. The Bertz CT molecular complexity index is 722. The van der Waals surface area contributed by atoms with Gasteiger partial charge in [-0.3, -0.25) is 4.79 Å². The molecule has 0 amide bonds. The fourth-order valence-corrected chi connectivity index (χ4v) is 6.60. The van der Waals surface area contributed by atoms with Crippen molar-refractivity contribution >= 4 is 5.97 Å². The van der Waals surface area contributed by atoms with Crippen molar-refractivity contribution in [1.29, 1.82) is 0 Å². The summed E-state index contributed by atoms with van der Waals surface area (Å²) in [6.07, 6.45) is 5.94. The normalized spacial score (nSPS) is 44.8. The molecule has 2 aliphatic carbocycles. The maximum Gasteiger partial charge on any atom is 0.311 e. The maximum absolute atomic E-state index is 12.6. The molecule has 4 nitrogen and oxygen atoms in total. The average Bonchev–Trinajstić information content (AvgIpc) is 3.34. The van der Waals surface area contributed by atoms with Gasteiger partial charge in [0.25, 0.3) is 0 Å². The van der Waals surface area contributed by atoms with E-state index in [1.807, 2.05) is 6.07 Å². The monoisotopic (exact) mass is 369 g/mol. The van der Waals surface area contributed by atoms with E-state index in [9.17, 15) is 4.79 Å². The van der Waals surface area contributed by atoms with Gasteiger partial charge in [0.2, 0.25) is 0 Å². The Morgan fingerprint density at radius 2 is 2.07 bits per heavy atom. The molecule has 4 aliphatic rings. The quantitative estimate of drug-likeness (QED) is 0.491. The van der Waals surface area contributed by atoms with Crippen LogP contribution in [0.3, 0.4) is 0 Å². The molecule has 1 N–H and O–H groups in total. The Labute approximate surface area is 162 Å². The number of hydrogen-bond acceptors (Lipinski definition) is 4. The third-order valence-electron chi connectivity index (χ3n) is 7.99. The lowest BCUT2D eigenvalue weighted by Gasteiger charge is -2.48. The SMILES string of the molecule is C[C@H]1CCC[C@]2(C)C[C@H]3OC(=O)[C@H](CNCCc4ccccc4)[C@H]3[C@@H]3O[C@@]132. The van der Waals surface area contributed by atoms with E-state index in [1.165, 1.54) is 24.8 Å². The topological polar surface area (TPSA) is 50.9 Å². The molecule has 2 heterocycles. The molecule has 0 unspecified atom stereocenters. The second-order valence-electron chi connectivity index (χ2n) is 9.49. The fourth-order valence-electron chi connectivity index (χ4n) is 6.60. The fraction of sp³-hybridized carbons (Fsp3) is 0.696. The molecule has 0 aromatic heterocycles. The predicted octanol–water partition coefficient (Wildman–Crippen LogP) is 3.34. The van der Waals surface area contributed by atoms with Gasteiger partial charge >= 0.3 is 5.97 Å². The number of ether oxygens (including phenoxy) is 2. The van der Waals surface area contributed by atoms with Crippen LogP contribution in [-0.2, 0) is 20.7 Å². The molecule has 4 fully saturated rings. The average molecular weight is 370 g/mol. The van der Waals surface area contributed by atoms with Gasteiger partial charge in [0, 0.05) is 17.9 Å². The van der Waals surface area contributed by atoms with Crippen molar-refractivity contribution in [3.63, 3.8) is 0 Å². The van der Waals surface area contributed by atoms with Gasteiger partial charge in [0.05, 0.1) is 12.0 Å². The van der Waals surface area contributed by atoms with Gasteiger partial charge in [0.15, 0.2) is 0 Å². The van der Waals surface area contributed by atoms with E-state index >= 15 is 0 Å². The number of epoxide rings is 1. The van der Waals surface area contributed by atoms with Gasteiger partial charge in [-0.1, -0.05) is 50.6 Å². The minimum atomic E-state index is -0.0613. The minimum absolute atomic E-state index is 0.00266. The highest BCUT2D eigenvalue weighted by atomic mass is 16.6. The molecule has 5 rings (SSSR count). The molecular weight excluding hydrogens is 338 g/mol. The maximum atomic E-state index is 12.6. The summed E-state index contributed by atoms with van der Waals surface area (Å²) in [5, 5.41) is 3.51. The van der Waals surface area contributed by atoms with Crippen molar-refractivity contribution in [2.45, 2.75) is 63.8 Å². The molecule has 2 aliphatic heterocycles. The van der Waals surface area contributed by atoms with Gasteiger partial charge in [-0.15, -0.1) is 0 Å². The molecule has 1 spiro atoms. The van der Waals surface area contributed by atoms with Crippen LogP contribution in [0.25, 0.3) is 0 Å². The predicted molar refractivity (Wildman–Crippen MR) is 103 cm³/mol. The van der Waals surface area contributed by atoms with Crippen molar-refractivity contribution in [3.05, 3.63) is 35.9 Å². The molecule has 1 aromatic carbocycles. The molecule has 0 radical (unpaired) electrons. The van der Waals surface area contributed by atoms with Crippen LogP contribution in [0.5, 0.6) is 0 Å². The number of esters is 1. The molecule has 27 heavy (non-hydrogen) atoms. The van der Waals surface area contributed by atoms with E-state index in [0.717, 1.165) is 19.4 Å². The third-order valence-corrected chi connectivity index (χ3v) is 7.99. The largest absolute Gasteiger partial charge is 0.462 e. The number of nitrogens with one attached hydrogen (secondary N) is 1. The summed E-state index contributed by atoms with van der Waals surface area (Å²) in [6, 6.07) is 10.5. The van der Waals surface area contributed by atoms with Crippen molar-refractivity contribution in [3.8, 4) is 0 Å². The van der Waals surface area contributed by atoms with E-state index in [2.05, 4.69) is 43.4 Å². The summed E-state index contributed by atoms with van der Waals surface area (Å²) in [4.78, 5) is 12.6. The highest BCUT2D eigenvalue weighted by Gasteiger charge is 2.78. The molecule has 2 saturated carbocycles. The first-order valence-corrected chi connectivity index (χ1v) is 10.7. The molecule has 146 valence electrons. The van der Waals surface area contributed by atoms with Gasteiger partial charge in [-0.25, -0.2) is 0 Å². The van der Waals surface area contributed by atoms with Crippen molar-refractivity contribution in [2.24, 2.45) is 23.2 Å². The van der Waals surface area contributed by atoms with Gasteiger partial charge < -0.3 is 14.8 Å². The Balaban J connectivity index is 1.25. The molecular formula is C23H31NO3. The number of fused-ring (bicyclic) bond motifs is 2. The van der Waals surface area contributed by atoms with Crippen molar-refractivity contribution in [1.82, 2.24) is 5.32 Å². The molecule has 4 heteroatoms. The number of carbonyl (C=O) groups is 1. The smallest absolute Gasteiger partial charge is 0.311 e. The van der Waals surface area contributed by atoms with Crippen LogP contribution in [0.1, 0.15) is 45.1 Å². The number of rotatable bonds is 5. The number of carbonyl (C=O) groups excluding carboxylic acids is 1. The molecule has 1 aromatic rings. The Hall–Kier alpha value is -1.39. The van der Waals surface area contributed by atoms with Crippen LogP contribution in [-0.4, -0.2) is 36.9 Å². The lowest BCUT2D eigenvalue weighted by atomic mass is 9.53. The lowest BCUT2D eigenvalue weighted by Crippen LogP contribution is -2.54. The highest BCUT2D eigenvalue weighted by molar-refractivity contribution is 5.76. The van der Waals surface area contributed by atoms with E-state index in [0.29, 0.717) is 12.5 Å². The summed E-state index contributed by atoms with van der Waals surface area (Å²) < 4.78 is 12.4. The number of benzene rings is 1. The summed E-state index contributed by atoms with van der Waals surface area (Å²) in [5.41, 5.74) is 1.50. The third kappa shape index (κ3) is 2.60. The van der Waals surface area contributed by atoms with Crippen LogP contribution in [0.2, 0.25) is 0 Å². The van der Waals surface area contributed by atoms with Crippen LogP contribution < -0.4 is 5.32 Å². The van der Waals surface area contributed by atoms with E-state index in [1.54, 1.807) is 0 Å². The van der Waals surface area contributed by atoms with E-state index < -0.39 is 0 Å². The van der Waals surface area contributed by atoms with Crippen LogP contribution in [0.4, 0.5) is 0 Å². The van der Waals surface area contributed by atoms with Gasteiger partial charge in [-0.05, 0) is 43.7 Å². The van der Waals surface area contributed by atoms with Crippen LogP contribution in [0, 0.1) is 23.2 Å². The zero-order valence-electron chi connectivity index (χ0n) is 16.4. The Kier molecular flexibility index (Phi) is 4.14. The second-order valence-corrected chi connectivity index (χ2v) is 9.49. The first kappa shape index (κ1) is 17.7. The lowest BCUT2D eigenvalue weighted by molar-refractivity contribution is -0.146. The van der Waals surface area contributed by atoms with Gasteiger partial charge in [0.1, 0.15) is 11.7 Å². The Morgan fingerprint density at radius 3 is 2.89 bits per heavy atom. The highest BCUT2D eigenvalue weighted by Crippen LogP contribution is 2.70. The molecule has 2 saturated heterocycles. The second kappa shape index (κ2) is 6.31. The van der Waals surface area contributed by atoms with Crippen LogP contribution in [0.15, 0.2) is 30.3 Å². The first-order chi connectivity index (χ1) is 13.1. The number of hydrogen-bond donors (Lipinski definition) is 1. The first-order valence-electron chi connectivity index (χ1n) is 10.7. The van der Waals surface area contributed by atoms with Crippen molar-refractivity contribution < 1.29 is 14.3 Å². The standard InChI is InChI=1S/C23H31NO3/c1-15-7-6-11-22(2)13-18-19(20-23(15,22)27-20)17(21(25)26-18)14-24-12-10-16-8-4-3-5-9-16/h3-5,8-9,15,17-20,24H,6-7,10-14H2,1-2H3/t15-,17+,18+,19+,20-,22+,23-/m0/s1. The zero-order valence-corrected chi connectivity index (χ0v) is 16.4. The van der Waals surface area contributed by atoms with Crippen LogP contribution >= 0.6 is 0 Å². The Morgan fingerprint density at radius 1 is 1.26 bits per heavy atom. The summed E-state index contributed by atoms with van der Waals surface area (Å²) in [5.74, 6) is 0.742. The van der Waals surface area contributed by atoms with Gasteiger partial charge in [-0.2, -0.15) is 0 Å². The van der Waals surface area contributed by atoms with E-state index in [4.69, 9.17) is 9.47 Å².